The highest BCUT2D eigenvalue weighted by atomic mass is 79.9. The van der Waals surface area contributed by atoms with Crippen molar-refractivity contribution in [1.82, 2.24) is 0 Å². The number of anilines is 2. The molecule has 2 N–H and O–H groups in total. The maximum absolute atomic E-state index is 13.2. The van der Waals surface area contributed by atoms with Gasteiger partial charge in [0.2, 0.25) is 0 Å². The molecule has 10 nitrogen and oxygen atoms in total. The van der Waals surface area contributed by atoms with E-state index in [0.717, 1.165) is 16.1 Å². The molecule has 1 aromatic heterocycles. The first-order valence-corrected chi connectivity index (χ1v) is 12.6. The van der Waals surface area contributed by atoms with E-state index in [0.29, 0.717) is 11.5 Å². The molecular weight excluding hydrogens is 552 g/mol. The summed E-state index contributed by atoms with van der Waals surface area (Å²) in [6, 6.07) is 20.8. The second kappa shape index (κ2) is 10.6. The second-order valence-corrected chi connectivity index (χ2v) is 9.80. The summed E-state index contributed by atoms with van der Waals surface area (Å²) in [7, 11) is -2.86. The maximum Gasteiger partial charge on any atom is 0.270 e. The lowest BCUT2D eigenvalue weighted by Crippen LogP contribution is -2.15. The van der Waals surface area contributed by atoms with Crippen LogP contribution in [0.1, 0.15) is 5.76 Å². The molecule has 36 heavy (non-hydrogen) atoms. The zero-order chi connectivity index (χ0) is 25.7. The molecular formula is C24H19BrN4O6S. The van der Waals surface area contributed by atoms with Crippen molar-refractivity contribution in [3.05, 3.63) is 99.2 Å². The number of sulfonamides is 1. The quantitative estimate of drug-likeness (QED) is 0.146. The third-order valence-corrected chi connectivity index (χ3v) is 7.06. The van der Waals surface area contributed by atoms with Crippen LogP contribution >= 0.6 is 15.9 Å². The molecule has 1 heterocycles. The van der Waals surface area contributed by atoms with Crippen LogP contribution in [-0.4, -0.2) is 26.7 Å². The van der Waals surface area contributed by atoms with E-state index in [1.807, 2.05) is 24.3 Å². The van der Waals surface area contributed by atoms with Crippen LogP contribution in [0.5, 0.6) is 5.75 Å². The first-order chi connectivity index (χ1) is 17.3. The number of hydrogen-bond acceptors (Lipinski definition) is 8. The molecule has 0 saturated heterocycles. The van der Waals surface area contributed by atoms with Gasteiger partial charge in [-0.1, -0.05) is 46.3 Å². The van der Waals surface area contributed by atoms with E-state index in [9.17, 15) is 18.5 Å². The minimum absolute atomic E-state index is 0.0248. The highest BCUT2D eigenvalue weighted by molar-refractivity contribution is 9.10. The largest absolute Gasteiger partial charge is 0.495 e. The van der Waals surface area contributed by atoms with Crippen LogP contribution in [0, 0.1) is 10.1 Å². The number of benzene rings is 3. The summed E-state index contributed by atoms with van der Waals surface area (Å²) in [6.45, 7) is 0. The Hall–Kier alpha value is -4.16. The van der Waals surface area contributed by atoms with Crippen molar-refractivity contribution in [1.29, 1.82) is 0 Å². The Balaban J connectivity index is 1.61. The van der Waals surface area contributed by atoms with Gasteiger partial charge in [0.1, 0.15) is 22.2 Å². The standard InChI is InChI=1S/C24H19BrN4O6S/c1-34-23-9-5-4-8-20(23)28-36(32,33)24-14-16(29(30)31)10-12-21(24)27-26-15-17-11-13-22(35-17)18-6-2-3-7-19(18)25/h2-15,27-28H,1H3. The SMILES string of the molecule is COc1ccccc1NS(=O)(=O)c1cc([N+](=O)[O-])ccc1NN=Cc1ccc(-c2ccccc2Br)o1. The Bertz CT molecular complexity index is 1550. The lowest BCUT2D eigenvalue weighted by molar-refractivity contribution is -0.385. The van der Waals surface area contributed by atoms with Crippen molar-refractivity contribution in [3.63, 3.8) is 0 Å². The van der Waals surface area contributed by atoms with E-state index in [1.165, 1.54) is 31.5 Å². The molecule has 184 valence electrons. The van der Waals surface area contributed by atoms with Crippen LogP contribution in [0.4, 0.5) is 17.1 Å². The molecule has 0 spiro atoms. The van der Waals surface area contributed by atoms with E-state index in [-0.39, 0.29) is 22.0 Å². The lowest BCUT2D eigenvalue weighted by Gasteiger charge is -2.14. The van der Waals surface area contributed by atoms with Gasteiger partial charge in [0.15, 0.2) is 0 Å². The molecule has 12 heteroatoms. The van der Waals surface area contributed by atoms with Gasteiger partial charge in [0, 0.05) is 22.2 Å². The molecule has 0 saturated carbocycles. The number of ether oxygens (including phenoxy) is 1. The van der Waals surface area contributed by atoms with Crippen molar-refractivity contribution in [2.24, 2.45) is 5.10 Å². The summed E-state index contributed by atoms with van der Waals surface area (Å²) in [5.74, 6) is 1.31. The molecule has 4 aromatic rings. The van der Waals surface area contributed by atoms with Crippen LogP contribution in [0.15, 0.2) is 97.7 Å². The predicted octanol–water partition coefficient (Wildman–Crippen LogP) is 5.87. The first kappa shape index (κ1) is 24.9. The summed E-state index contributed by atoms with van der Waals surface area (Å²) in [5.41, 5.74) is 3.30. The lowest BCUT2D eigenvalue weighted by atomic mass is 10.2. The van der Waals surface area contributed by atoms with E-state index < -0.39 is 20.6 Å². The van der Waals surface area contributed by atoms with Gasteiger partial charge in [-0.05, 0) is 36.4 Å². The maximum atomic E-state index is 13.2. The Kier molecular flexibility index (Phi) is 7.36. The normalized spacial score (nSPS) is 11.4. The van der Waals surface area contributed by atoms with Crippen LogP contribution in [0.2, 0.25) is 0 Å². The fourth-order valence-electron chi connectivity index (χ4n) is 3.26. The molecule has 0 aliphatic rings. The number of non-ortho nitro benzene ring substituents is 1. The van der Waals surface area contributed by atoms with Gasteiger partial charge in [0.25, 0.3) is 15.7 Å². The highest BCUT2D eigenvalue weighted by Crippen LogP contribution is 2.32. The minimum atomic E-state index is -4.26. The first-order valence-electron chi connectivity index (χ1n) is 10.4. The fraction of sp³-hybridized carbons (Fsp3) is 0.0417. The van der Waals surface area contributed by atoms with Crippen molar-refractivity contribution >= 4 is 49.2 Å². The Labute approximate surface area is 214 Å². The Morgan fingerprint density at radius 1 is 1.03 bits per heavy atom. The molecule has 0 aliphatic heterocycles. The number of nitrogens with one attached hydrogen (secondary N) is 2. The van der Waals surface area contributed by atoms with Gasteiger partial charge >= 0.3 is 0 Å². The van der Waals surface area contributed by atoms with Gasteiger partial charge in [-0.3, -0.25) is 20.3 Å². The van der Waals surface area contributed by atoms with Crippen molar-refractivity contribution < 1.29 is 22.5 Å². The number of nitro benzene ring substituents is 1. The number of methoxy groups -OCH3 is 1. The Morgan fingerprint density at radius 2 is 1.78 bits per heavy atom. The molecule has 0 aliphatic carbocycles. The molecule has 4 rings (SSSR count). The van der Waals surface area contributed by atoms with E-state index >= 15 is 0 Å². The summed E-state index contributed by atoms with van der Waals surface area (Å²) < 4.78 is 40.6. The molecule has 3 aromatic carbocycles. The number of hydrazone groups is 1. The highest BCUT2D eigenvalue weighted by Gasteiger charge is 2.23. The topological polar surface area (TPSA) is 136 Å². The average molecular weight is 571 g/mol. The summed E-state index contributed by atoms with van der Waals surface area (Å²) in [4.78, 5) is 10.3. The molecule has 0 atom stereocenters. The summed E-state index contributed by atoms with van der Waals surface area (Å²) in [5, 5.41) is 15.4. The van der Waals surface area contributed by atoms with Gasteiger partial charge in [-0.15, -0.1) is 0 Å². The summed E-state index contributed by atoms with van der Waals surface area (Å²) >= 11 is 3.48. The van der Waals surface area contributed by atoms with E-state index in [2.05, 4.69) is 31.2 Å². The van der Waals surface area contributed by atoms with Gasteiger partial charge in [-0.25, -0.2) is 8.42 Å². The van der Waals surface area contributed by atoms with Crippen LogP contribution in [0.3, 0.4) is 0 Å². The number of nitro groups is 1. The fourth-order valence-corrected chi connectivity index (χ4v) is 4.99. The number of halogens is 1. The second-order valence-electron chi connectivity index (χ2n) is 7.30. The third kappa shape index (κ3) is 5.56. The number of furan rings is 1. The Morgan fingerprint density at radius 3 is 2.53 bits per heavy atom. The summed E-state index contributed by atoms with van der Waals surface area (Å²) in [6.07, 6.45) is 1.37. The van der Waals surface area contributed by atoms with E-state index in [4.69, 9.17) is 9.15 Å². The van der Waals surface area contributed by atoms with Crippen molar-refractivity contribution in [2.45, 2.75) is 4.90 Å². The zero-order valence-electron chi connectivity index (χ0n) is 18.7. The van der Waals surface area contributed by atoms with Crippen LogP contribution in [0.25, 0.3) is 11.3 Å². The van der Waals surface area contributed by atoms with Crippen molar-refractivity contribution in [3.8, 4) is 17.1 Å². The predicted molar refractivity (Wildman–Crippen MR) is 140 cm³/mol. The molecule has 0 unspecified atom stereocenters. The number of para-hydroxylation sites is 2. The number of rotatable bonds is 9. The van der Waals surface area contributed by atoms with E-state index in [1.54, 1.807) is 30.3 Å². The number of hydrogen-bond donors (Lipinski definition) is 2. The third-order valence-electron chi connectivity index (χ3n) is 4.96. The minimum Gasteiger partial charge on any atom is -0.495 e. The van der Waals surface area contributed by atoms with Crippen LogP contribution in [-0.2, 0) is 10.0 Å². The zero-order valence-corrected chi connectivity index (χ0v) is 21.1. The van der Waals surface area contributed by atoms with Gasteiger partial charge in [0.05, 0.1) is 29.6 Å². The van der Waals surface area contributed by atoms with Gasteiger partial charge < -0.3 is 9.15 Å². The van der Waals surface area contributed by atoms with Crippen molar-refractivity contribution in [2.75, 3.05) is 17.3 Å². The monoisotopic (exact) mass is 570 g/mol. The molecule has 0 bridgehead atoms. The van der Waals surface area contributed by atoms with Gasteiger partial charge in [-0.2, -0.15) is 5.10 Å². The average Bonchev–Trinajstić information content (AvgIpc) is 3.33. The molecule has 0 fully saturated rings. The smallest absolute Gasteiger partial charge is 0.270 e. The molecule has 0 radical (unpaired) electrons. The van der Waals surface area contributed by atoms with Crippen LogP contribution < -0.4 is 14.9 Å². The number of nitrogens with zero attached hydrogens (tertiary/aromatic N) is 2. The molecule has 0 amide bonds.